The summed E-state index contributed by atoms with van der Waals surface area (Å²) in [6.45, 7) is 7.48. The molecular formula is C25H32N2O5S. The Morgan fingerprint density at radius 3 is 2.06 bits per heavy atom. The Morgan fingerprint density at radius 1 is 0.909 bits per heavy atom. The molecule has 0 radical (unpaired) electrons. The summed E-state index contributed by atoms with van der Waals surface area (Å²) < 4.78 is 38.0. The molecule has 0 atom stereocenters. The number of benzene rings is 2. The normalized spacial score (nSPS) is 15.6. The van der Waals surface area contributed by atoms with Crippen molar-refractivity contribution in [2.75, 3.05) is 40.4 Å². The molecule has 2 aromatic carbocycles. The average Bonchev–Trinajstić information content (AvgIpc) is 2.81. The minimum atomic E-state index is -3.59. The lowest BCUT2D eigenvalue weighted by Crippen LogP contribution is -2.50. The first kappa shape index (κ1) is 24.8. The number of hydrogen-bond acceptors (Lipinski definition) is 5. The summed E-state index contributed by atoms with van der Waals surface area (Å²) in [6.07, 6.45) is 3.21. The molecule has 1 heterocycles. The first-order chi connectivity index (χ1) is 15.6. The molecule has 178 valence electrons. The first-order valence-corrected chi connectivity index (χ1v) is 12.3. The van der Waals surface area contributed by atoms with E-state index in [4.69, 9.17) is 9.47 Å². The zero-order valence-electron chi connectivity index (χ0n) is 19.9. The van der Waals surface area contributed by atoms with Crippen LogP contribution in [0.5, 0.6) is 11.5 Å². The summed E-state index contributed by atoms with van der Waals surface area (Å²) in [6, 6.07) is 12.5. The van der Waals surface area contributed by atoms with Crippen LogP contribution in [0.2, 0.25) is 0 Å². The zero-order chi connectivity index (χ0) is 24.2. The van der Waals surface area contributed by atoms with Crippen LogP contribution in [0.3, 0.4) is 0 Å². The Morgan fingerprint density at radius 2 is 1.52 bits per heavy atom. The monoisotopic (exact) mass is 472 g/mol. The molecule has 1 saturated heterocycles. The van der Waals surface area contributed by atoms with E-state index in [-0.39, 0.29) is 29.3 Å². The van der Waals surface area contributed by atoms with Crippen LogP contribution >= 0.6 is 0 Å². The number of sulfonamides is 1. The van der Waals surface area contributed by atoms with Crippen molar-refractivity contribution in [3.05, 3.63) is 59.7 Å². The third kappa shape index (κ3) is 5.75. The van der Waals surface area contributed by atoms with E-state index in [1.807, 2.05) is 18.2 Å². The van der Waals surface area contributed by atoms with Gasteiger partial charge in [0.15, 0.2) is 11.5 Å². The maximum absolute atomic E-state index is 13.0. The van der Waals surface area contributed by atoms with Crippen molar-refractivity contribution in [2.45, 2.75) is 31.1 Å². The van der Waals surface area contributed by atoms with Gasteiger partial charge in [0.1, 0.15) is 0 Å². The van der Waals surface area contributed by atoms with Gasteiger partial charge in [0.05, 0.1) is 19.1 Å². The molecule has 7 nitrogen and oxygen atoms in total. The van der Waals surface area contributed by atoms with E-state index < -0.39 is 10.0 Å². The Bertz CT molecular complexity index is 1110. The van der Waals surface area contributed by atoms with Crippen molar-refractivity contribution in [1.82, 2.24) is 9.21 Å². The SMILES string of the molecule is COc1ccc(/C=C/C(=O)N2CCN(S(=O)(=O)c3ccc(C(C)(C)C)cc3)CC2)cc1OC. The third-order valence-corrected chi connectivity index (χ3v) is 7.65. The summed E-state index contributed by atoms with van der Waals surface area (Å²) in [5.74, 6) is 1.05. The molecule has 33 heavy (non-hydrogen) atoms. The number of piperazine rings is 1. The van der Waals surface area contributed by atoms with Crippen molar-refractivity contribution in [3.63, 3.8) is 0 Å². The minimum Gasteiger partial charge on any atom is -0.493 e. The van der Waals surface area contributed by atoms with E-state index >= 15 is 0 Å². The highest BCUT2D eigenvalue weighted by Gasteiger charge is 2.30. The van der Waals surface area contributed by atoms with Crippen LogP contribution in [0, 0.1) is 0 Å². The molecule has 8 heteroatoms. The Balaban J connectivity index is 1.62. The molecule has 0 aromatic heterocycles. The fourth-order valence-corrected chi connectivity index (χ4v) is 5.08. The second-order valence-corrected chi connectivity index (χ2v) is 10.9. The lowest BCUT2D eigenvalue weighted by Gasteiger charge is -2.33. The number of methoxy groups -OCH3 is 2. The fourth-order valence-electron chi connectivity index (χ4n) is 3.65. The maximum Gasteiger partial charge on any atom is 0.246 e. The van der Waals surface area contributed by atoms with Crippen LogP contribution in [0.4, 0.5) is 0 Å². The Labute approximate surface area is 196 Å². The van der Waals surface area contributed by atoms with Gasteiger partial charge in [0.2, 0.25) is 15.9 Å². The third-order valence-electron chi connectivity index (χ3n) is 5.73. The van der Waals surface area contributed by atoms with Gasteiger partial charge in [-0.1, -0.05) is 39.0 Å². The van der Waals surface area contributed by atoms with Gasteiger partial charge in [0, 0.05) is 32.3 Å². The van der Waals surface area contributed by atoms with E-state index in [9.17, 15) is 13.2 Å². The highest BCUT2D eigenvalue weighted by Crippen LogP contribution is 2.28. The number of ether oxygens (including phenoxy) is 2. The van der Waals surface area contributed by atoms with Gasteiger partial charge in [-0.3, -0.25) is 4.79 Å². The number of hydrogen-bond donors (Lipinski definition) is 0. The summed E-state index contributed by atoms with van der Waals surface area (Å²) >= 11 is 0. The average molecular weight is 473 g/mol. The molecule has 1 aliphatic heterocycles. The predicted octanol–water partition coefficient (Wildman–Crippen LogP) is 3.55. The van der Waals surface area contributed by atoms with Crippen LogP contribution < -0.4 is 9.47 Å². The summed E-state index contributed by atoms with van der Waals surface area (Å²) in [4.78, 5) is 14.6. The molecule has 0 spiro atoms. The zero-order valence-corrected chi connectivity index (χ0v) is 20.7. The van der Waals surface area contributed by atoms with Crippen molar-refractivity contribution >= 4 is 22.0 Å². The van der Waals surface area contributed by atoms with Gasteiger partial charge in [0.25, 0.3) is 0 Å². The predicted molar refractivity (Wildman–Crippen MR) is 129 cm³/mol. The number of carbonyl (C=O) groups excluding carboxylic acids is 1. The molecule has 0 bridgehead atoms. The topological polar surface area (TPSA) is 76.2 Å². The van der Waals surface area contributed by atoms with Gasteiger partial charge in [-0.2, -0.15) is 4.31 Å². The van der Waals surface area contributed by atoms with Crippen LogP contribution in [0.25, 0.3) is 6.08 Å². The summed E-state index contributed by atoms with van der Waals surface area (Å²) in [5, 5.41) is 0. The maximum atomic E-state index is 13.0. The number of rotatable bonds is 6. The van der Waals surface area contributed by atoms with Crippen LogP contribution in [-0.2, 0) is 20.2 Å². The van der Waals surface area contributed by atoms with E-state index in [1.165, 1.54) is 10.4 Å². The highest BCUT2D eigenvalue weighted by molar-refractivity contribution is 7.89. The Hall–Kier alpha value is -2.84. The minimum absolute atomic E-state index is 0.0429. The van der Waals surface area contributed by atoms with Crippen LogP contribution in [0.1, 0.15) is 31.9 Å². The molecule has 0 unspecified atom stereocenters. The molecular weight excluding hydrogens is 440 g/mol. The van der Waals surface area contributed by atoms with E-state index in [0.717, 1.165) is 11.1 Å². The van der Waals surface area contributed by atoms with Gasteiger partial charge in [-0.25, -0.2) is 8.42 Å². The van der Waals surface area contributed by atoms with Crippen LogP contribution in [0.15, 0.2) is 53.4 Å². The van der Waals surface area contributed by atoms with Crippen molar-refractivity contribution < 1.29 is 22.7 Å². The second kappa shape index (κ2) is 9.97. The van der Waals surface area contributed by atoms with Crippen molar-refractivity contribution in [2.24, 2.45) is 0 Å². The number of amides is 1. The Kier molecular flexibility index (Phi) is 7.49. The summed E-state index contributed by atoms with van der Waals surface area (Å²) in [7, 11) is -0.466. The van der Waals surface area contributed by atoms with E-state index in [2.05, 4.69) is 20.8 Å². The van der Waals surface area contributed by atoms with Crippen molar-refractivity contribution in [3.8, 4) is 11.5 Å². The molecule has 0 aliphatic carbocycles. The van der Waals surface area contributed by atoms with Gasteiger partial charge in [-0.15, -0.1) is 0 Å². The first-order valence-electron chi connectivity index (χ1n) is 10.9. The van der Waals surface area contributed by atoms with E-state index in [0.29, 0.717) is 24.6 Å². The molecule has 1 fully saturated rings. The highest BCUT2D eigenvalue weighted by atomic mass is 32.2. The smallest absolute Gasteiger partial charge is 0.246 e. The van der Waals surface area contributed by atoms with Gasteiger partial charge < -0.3 is 14.4 Å². The fraction of sp³-hybridized carbons (Fsp3) is 0.400. The van der Waals surface area contributed by atoms with Crippen LogP contribution in [-0.4, -0.2) is 63.9 Å². The largest absolute Gasteiger partial charge is 0.493 e. The summed E-state index contributed by atoms with van der Waals surface area (Å²) in [5.41, 5.74) is 1.85. The van der Waals surface area contributed by atoms with Gasteiger partial charge >= 0.3 is 0 Å². The lowest BCUT2D eigenvalue weighted by molar-refractivity contribution is -0.127. The quantitative estimate of drug-likeness (QED) is 0.601. The van der Waals surface area contributed by atoms with Crippen molar-refractivity contribution in [1.29, 1.82) is 0 Å². The lowest BCUT2D eigenvalue weighted by atomic mass is 9.87. The molecule has 1 amide bonds. The molecule has 0 saturated carbocycles. The molecule has 0 N–H and O–H groups in total. The molecule has 2 aromatic rings. The van der Waals surface area contributed by atoms with Gasteiger partial charge in [-0.05, 0) is 46.9 Å². The second-order valence-electron chi connectivity index (χ2n) is 8.95. The number of nitrogens with zero attached hydrogens (tertiary/aromatic N) is 2. The number of carbonyl (C=O) groups is 1. The standard InChI is InChI=1S/C25H32N2O5S/c1-25(2,3)20-8-10-21(11-9-20)33(29,30)27-16-14-26(15-17-27)24(28)13-7-19-6-12-22(31-4)23(18-19)32-5/h6-13,18H,14-17H2,1-5H3/b13-7+. The van der Waals surface area contributed by atoms with E-state index in [1.54, 1.807) is 49.5 Å². The molecule has 3 rings (SSSR count). The molecule has 1 aliphatic rings.